The molecule has 0 fully saturated rings. The van der Waals surface area contributed by atoms with Crippen LogP contribution < -0.4 is 0 Å². The van der Waals surface area contributed by atoms with Gasteiger partial charge in [0.2, 0.25) is 0 Å². The maximum atomic E-state index is 9.93. The highest BCUT2D eigenvalue weighted by atomic mass is 16.4. The zero-order valence-electron chi connectivity index (χ0n) is 9.35. The van der Waals surface area contributed by atoms with E-state index in [-0.39, 0.29) is 0 Å². The zero-order valence-corrected chi connectivity index (χ0v) is 9.35. The van der Waals surface area contributed by atoms with E-state index in [1.165, 1.54) is 13.0 Å². The first-order valence-electron chi connectivity index (χ1n) is 5.00. The van der Waals surface area contributed by atoms with Gasteiger partial charge in [0.1, 0.15) is 23.9 Å². The van der Waals surface area contributed by atoms with Crippen molar-refractivity contribution >= 4 is 0 Å². The van der Waals surface area contributed by atoms with Crippen LogP contribution in [0.1, 0.15) is 13.8 Å². The van der Waals surface area contributed by atoms with Crippen molar-refractivity contribution in [1.29, 1.82) is 0 Å². The highest BCUT2D eigenvalue weighted by Gasteiger charge is 2.43. The standard InChI is InChI=1S/C10H20O6/c1-3-4-10(16,6(2)12)9(15)8(14)7(13)5-11/h3-4,6-9,11-16H,5H2,1-2H3. The predicted molar refractivity (Wildman–Crippen MR) is 56.6 cm³/mol. The fraction of sp³-hybridized carbons (Fsp3) is 0.800. The molecule has 0 bridgehead atoms. The van der Waals surface area contributed by atoms with Crippen LogP contribution in [0.5, 0.6) is 0 Å². The van der Waals surface area contributed by atoms with Crippen LogP contribution in [0.25, 0.3) is 0 Å². The quantitative estimate of drug-likeness (QED) is 0.290. The second-order valence-corrected chi connectivity index (χ2v) is 3.75. The lowest BCUT2D eigenvalue weighted by atomic mass is 9.85. The third-order valence-electron chi connectivity index (χ3n) is 2.48. The van der Waals surface area contributed by atoms with Crippen LogP contribution in [0.15, 0.2) is 12.2 Å². The summed E-state index contributed by atoms with van der Waals surface area (Å²) in [5, 5.41) is 56.1. The van der Waals surface area contributed by atoms with Gasteiger partial charge in [-0.3, -0.25) is 0 Å². The number of allylic oxidation sites excluding steroid dienone is 1. The monoisotopic (exact) mass is 236 g/mol. The van der Waals surface area contributed by atoms with E-state index < -0.39 is 36.6 Å². The first-order valence-corrected chi connectivity index (χ1v) is 5.00. The Labute approximate surface area is 94.1 Å². The number of rotatable bonds is 6. The fourth-order valence-electron chi connectivity index (χ4n) is 1.34. The van der Waals surface area contributed by atoms with Crippen molar-refractivity contribution in [2.24, 2.45) is 0 Å². The summed E-state index contributed by atoms with van der Waals surface area (Å²) in [5.74, 6) is 0. The molecule has 0 aliphatic rings. The Morgan fingerprint density at radius 3 is 2.00 bits per heavy atom. The summed E-state index contributed by atoms with van der Waals surface area (Å²) in [6.45, 7) is 2.04. The van der Waals surface area contributed by atoms with E-state index in [1.54, 1.807) is 6.92 Å². The van der Waals surface area contributed by atoms with Gasteiger partial charge in [-0.25, -0.2) is 0 Å². The largest absolute Gasteiger partial charge is 0.394 e. The molecule has 5 atom stereocenters. The topological polar surface area (TPSA) is 121 Å². The van der Waals surface area contributed by atoms with Crippen LogP contribution in [0.3, 0.4) is 0 Å². The molecule has 0 amide bonds. The van der Waals surface area contributed by atoms with Gasteiger partial charge in [0, 0.05) is 0 Å². The Kier molecular flexibility index (Phi) is 6.09. The number of hydrogen-bond acceptors (Lipinski definition) is 6. The lowest BCUT2D eigenvalue weighted by Gasteiger charge is -2.36. The molecule has 5 unspecified atom stereocenters. The fourth-order valence-corrected chi connectivity index (χ4v) is 1.34. The smallest absolute Gasteiger partial charge is 0.137 e. The first-order chi connectivity index (χ1) is 7.31. The van der Waals surface area contributed by atoms with Gasteiger partial charge in [-0.15, -0.1) is 0 Å². The summed E-state index contributed by atoms with van der Waals surface area (Å²) in [7, 11) is 0. The number of hydrogen-bond donors (Lipinski definition) is 6. The van der Waals surface area contributed by atoms with Crippen molar-refractivity contribution < 1.29 is 30.6 Å². The maximum absolute atomic E-state index is 9.93. The minimum atomic E-state index is -2.08. The molecule has 6 N–H and O–H groups in total. The molecule has 6 nitrogen and oxygen atoms in total. The van der Waals surface area contributed by atoms with Crippen LogP contribution in [-0.4, -0.2) is 67.3 Å². The molecule has 0 rings (SSSR count). The molecule has 0 aliphatic heterocycles. The zero-order chi connectivity index (χ0) is 12.9. The van der Waals surface area contributed by atoms with Crippen molar-refractivity contribution in [3.63, 3.8) is 0 Å². The second kappa shape index (κ2) is 6.29. The van der Waals surface area contributed by atoms with Crippen molar-refractivity contribution in [2.45, 2.75) is 43.9 Å². The Bertz CT molecular complexity index is 229. The Morgan fingerprint density at radius 1 is 1.19 bits per heavy atom. The molecule has 0 aliphatic carbocycles. The average molecular weight is 236 g/mol. The molecule has 0 aromatic heterocycles. The van der Waals surface area contributed by atoms with Gasteiger partial charge in [-0.2, -0.15) is 0 Å². The summed E-state index contributed by atoms with van der Waals surface area (Å²) in [5.41, 5.74) is -2.08. The molecule has 0 spiro atoms. The maximum Gasteiger partial charge on any atom is 0.137 e. The van der Waals surface area contributed by atoms with E-state index in [0.717, 1.165) is 6.08 Å². The van der Waals surface area contributed by atoms with Crippen LogP contribution in [0, 0.1) is 0 Å². The molecular formula is C10H20O6. The molecule has 0 heterocycles. The Morgan fingerprint density at radius 2 is 1.69 bits per heavy atom. The summed E-state index contributed by atoms with van der Waals surface area (Å²) >= 11 is 0. The van der Waals surface area contributed by atoms with E-state index >= 15 is 0 Å². The molecule has 0 saturated heterocycles. The molecular weight excluding hydrogens is 216 g/mol. The van der Waals surface area contributed by atoms with E-state index in [2.05, 4.69) is 0 Å². The molecule has 96 valence electrons. The normalized spacial score (nSPS) is 23.8. The van der Waals surface area contributed by atoms with Gasteiger partial charge in [-0.05, 0) is 13.8 Å². The third-order valence-corrected chi connectivity index (χ3v) is 2.48. The van der Waals surface area contributed by atoms with Gasteiger partial charge in [0.15, 0.2) is 0 Å². The molecule has 0 aromatic rings. The Balaban J connectivity index is 4.94. The molecule has 16 heavy (non-hydrogen) atoms. The van der Waals surface area contributed by atoms with Crippen molar-refractivity contribution in [2.75, 3.05) is 6.61 Å². The van der Waals surface area contributed by atoms with E-state index in [9.17, 15) is 20.4 Å². The van der Waals surface area contributed by atoms with Gasteiger partial charge in [0.25, 0.3) is 0 Å². The first kappa shape index (κ1) is 15.5. The highest BCUT2D eigenvalue weighted by molar-refractivity contribution is 5.10. The third kappa shape index (κ3) is 3.24. The average Bonchev–Trinajstić information content (AvgIpc) is 2.25. The molecule has 0 saturated carbocycles. The van der Waals surface area contributed by atoms with Crippen LogP contribution in [0.4, 0.5) is 0 Å². The Hall–Kier alpha value is -0.500. The van der Waals surface area contributed by atoms with Gasteiger partial charge in [-0.1, -0.05) is 12.2 Å². The second-order valence-electron chi connectivity index (χ2n) is 3.75. The predicted octanol–water partition coefficient (Wildman–Crippen LogP) is -2.25. The van der Waals surface area contributed by atoms with Crippen LogP contribution in [-0.2, 0) is 0 Å². The minimum Gasteiger partial charge on any atom is -0.394 e. The summed E-state index contributed by atoms with van der Waals surface area (Å²) in [4.78, 5) is 0. The van der Waals surface area contributed by atoms with Gasteiger partial charge < -0.3 is 30.6 Å². The summed E-state index contributed by atoms with van der Waals surface area (Å²) in [6.07, 6.45) is -4.00. The highest BCUT2D eigenvalue weighted by Crippen LogP contribution is 2.22. The van der Waals surface area contributed by atoms with Crippen molar-refractivity contribution in [1.82, 2.24) is 0 Å². The van der Waals surface area contributed by atoms with E-state index in [0.29, 0.717) is 0 Å². The molecule has 0 aromatic carbocycles. The molecule has 6 heteroatoms. The van der Waals surface area contributed by atoms with Crippen molar-refractivity contribution in [3.05, 3.63) is 12.2 Å². The SMILES string of the molecule is CC=CC(O)(C(C)O)C(O)C(O)C(O)CO. The van der Waals surface area contributed by atoms with Crippen molar-refractivity contribution in [3.8, 4) is 0 Å². The van der Waals surface area contributed by atoms with E-state index in [1.807, 2.05) is 0 Å². The molecule has 0 radical (unpaired) electrons. The van der Waals surface area contributed by atoms with Gasteiger partial charge in [0.05, 0.1) is 12.7 Å². The minimum absolute atomic E-state index is 0.760. The van der Waals surface area contributed by atoms with Crippen LogP contribution >= 0.6 is 0 Å². The lowest BCUT2D eigenvalue weighted by Crippen LogP contribution is -2.57. The van der Waals surface area contributed by atoms with E-state index in [4.69, 9.17) is 10.2 Å². The summed E-state index contributed by atoms with van der Waals surface area (Å²) in [6, 6.07) is 0. The lowest BCUT2D eigenvalue weighted by molar-refractivity contribution is -0.170. The number of aliphatic hydroxyl groups is 6. The van der Waals surface area contributed by atoms with Crippen LogP contribution in [0.2, 0.25) is 0 Å². The number of aliphatic hydroxyl groups excluding tert-OH is 5. The van der Waals surface area contributed by atoms with Gasteiger partial charge >= 0.3 is 0 Å². The summed E-state index contributed by atoms with van der Waals surface area (Å²) < 4.78 is 0.